The van der Waals surface area contributed by atoms with Crippen molar-refractivity contribution in [3.8, 4) is 5.75 Å². The van der Waals surface area contributed by atoms with E-state index in [9.17, 15) is 26.3 Å². The van der Waals surface area contributed by atoms with E-state index >= 15 is 0 Å². The van der Waals surface area contributed by atoms with Gasteiger partial charge >= 0.3 is 0 Å². The SMILES string of the molecule is COc1c(F)cc(F)cc1Bc1c(F)c(F)cc(F)c1F. The van der Waals surface area contributed by atoms with E-state index in [4.69, 9.17) is 0 Å². The van der Waals surface area contributed by atoms with Crippen molar-refractivity contribution in [2.75, 3.05) is 7.11 Å². The van der Waals surface area contributed by atoms with Crippen molar-refractivity contribution in [3.05, 3.63) is 53.1 Å². The molecule has 0 saturated heterocycles. The molecule has 0 radical (unpaired) electrons. The Morgan fingerprint density at radius 2 is 1.38 bits per heavy atom. The maximum atomic E-state index is 13.6. The average molecular weight is 304 g/mol. The Kier molecular flexibility index (Phi) is 4.15. The van der Waals surface area contributed by atoms with Crippen molar-refractivity contribution in [3.63, 3.8) is 0 Å². The summed E-state index contributed by atoms with van der Waals surface area (Å²) in [6.07, 6.45) is 0. The van der Waals surface area contributed by atoms with Crippen LogP contribution in [0.15, 0.2) is 18.2 Å². The van der Waals surface area contributed by atoms with Gasteiger partial charge in [0.1, 0.15) is 11.6 Å². The molecule has 0 atom stereocenters. The summed E-state index contributed by atoms with van der Waals surface area (Å²) in [5.74, 6) is -9.01. The smallest absolute Gasteiger partial charge is 0.205 e. The van der Waals surface area contributed by atoms with E-state index in [1.807, 2.05) is 0 Å². The summed E-state index contributed by atoms with van der Waals surface area (Å²) < 4.78 is 84.6. The van der Waals surface area contributed by atoms with Gasteiger partial charge in [0, 0.05) is 12.1 Å². The third-order valence-electron chi connectivity index (χ3n) is 2.86. The van der Waals surface area contributed by atoms with Crippen LogP contribution >= 0.6 is 0 Å². The van der Waals surface area contributed by atoms with E-state index < -0.39 is 53.4 Å². The van der Waals surface area contributed by atoms with Crippen molar-refractivity contribution in [1.82, 2.24) is 0 Å². The fourth-order valence-corrected chi connectivity index (χ4v) is 1.94. The van der Waals surface area contributed by atoms with Crippen LogP contribution in [0.2, 0.25) is 0 Å². The Balaban J connectivity index is 2.58. The van der Waals surface area contributed by atoms with Gasteiger partial charge in [0.15, 0.2) is 29.1 Å². The van der Waals surface area contributed by atoms with Gasteiger partial charge in [0.05, 0.1) is 7.11 Å². The number of hydrogen-bond acceptors (Lipinski definition) is 1. The first-order valence-electron chi connectivity index (χ1n) is 5.69. The number of hydrogen-bond donors (Lipinski definition) is 0. The van der Waals surface area contributed by atoms with E-state index in [-0.39, 0.29) is 11.5 Å². The van der Waals surface area contributed by atoms with Crippen molar-refractivity contribution in [1.29, 1.82) is 0 Å². The second-order valence-corrected chi connectivity index (χ2v) is 4.20. The summed E-state index contributed by atoms with van der Waals surface area (Å²) in [6, 6.07) is 1.34. The lowest BCUT2D eigenvalue weighted by Crippen LogP contribution is -2.35. The van der Waals surface area contributed by atoms with Crippen LogP contribution in [-0.2, 0) is 0 Å². The number of methoxy groups -OCH3 is 1. The molecule has 0 amide bonds. The van der Waals surface area contributed by atoms with Crippen LogP contribution in [0.25, 0.3) is 0 Å². The molecule has 0 aliphatic carbocycles. The van der Waals surface area contributed by atoms with Gasteiger partial charge in [-0.1, -0.05) is 0 Å². The zero-order valence-corrected chi connectivity index (χ0v) is 10.6. The van der Waals surface area contributed by atoms with Gasteiger partial charge < -0.3 is 4.74 Å². The third kappa shape index (κ3) is 2.84. The second-order valence-electron chi connectivity index (χ2n) is 4.20. The van der Waals surface area contributed by atoms with Crippen LogP contribution in [0.1, 0.15) is 0 Å². The van der Waals surface area contributed by atoms with Crippen molar-refractivity contribution in [2.24, 2.45) is 0 Å². The summed E-state index contributed by atoms with van der Waals surface area (Å²) in [5.41, 5.74) is -1.26. The Hall–Kier alpha value is -2.12. The van der Waals surface area contributed by atoms with Gasteiger partial charge in [0.25, 0.3) is 0 Å². The molecule has 0 bridgehead atoms. The minimum atomic E-state index is -1.62. The van der Waals surface area contributed by atoms with Gasteiger partial charge in [-0.05, 0) is 17.0 Å². The summed E-state index contributed by atoms with van der Waals surface area (Å²) in [4.78, 5) is 0. The first kappa shape index (κ1) is 15.3. The molecule has 8 heteroatoms. The number of benzene rings is 2. The molecule has 0 fully saturated rings. The molecular weight excluding hydrogens is 297 g/mol. The van der Waals surface area contributed by atoms with Crippen LogP contribution in [0.5, 0.6) is 5.75 Å². The topological polar surface area (TPSA) is 9.23 Å². The molecule has 0 unspecified atom stereocenters. The predicted octanol–water partition coefficient (Wildman–Crippen LogP) is 1.92. The lowest BCUT2D eigenvalue weighted by molar-refractivity contribution is 0.388. The lowest BCUT2D eigenvalue weighted by atomic mass is 9.63. The standard InChI is InChI=1S/C13H7BF6O/c1-21-13-6(2-5(15)3-9(13)18)14-10-11(19)7(16)4-8(17)12(10)20/h2-4,14H,1H3. The Morgan fingerprint density at radius 3 is 1.90 bits per heavy atom. The normalized spacial score (nSPS) is 10.6. The lowest BCUT2D eigenvalue weighted by Gasteiger charge is -2.11. The third-order valence-corrected chi connectivity index (χ3v) is 2.86. The van der Waals surface area contributed by atoms with Gasteiger partial charge in [-0.3, -0.25) is 0 Å². The molecule has 0 heterocycles. The van der Waals surface area contributed by atoms with E-state index in [2.05, 4.69) is 4.74 Å². The maximum Gasteiger partial charge on any atom is 0.205 e. The molecule has 0 aliphatic rings. The van der Waals surface area contributed by atoms with Crippen LogP contribution in [-0.4, -0.2) is 14.4 Å². The van der Waals surface area contributed by atoms with Gasteiger partial charge in [-0.2, -0.15) is 0 Å². The molecular formula is C13H7BF6O. The Morgan fingerprint density at radius 1 is 0.810 bits per heavy atom. The van der Waals surface area contributed by atoms with E-state index in [1.54, 1.807) is 0 Å². The summed E-state index contributed by atoms with van der Waals surface area (Å²) >= 11 is 0. The van der Waals surface area contributed by atoms with Crippen molar-refractivity contribution < 1.29 is 31.1 Å². The van der Waals surface area contributed by atoms with Gasteiger partial charge in [0.2, 0.25) is 7.28 Å². The Bertz CT molecular complexity index is 678. The molecule has 1 nitrogen and oxygen atoms in total. The highest BCUT2D eigenvalue weighted by Gasteiger charge is 2.23. The van der Waals surface area contributed by atoms with E-state index in [0.717, 1.165) is 13.2 Å². The highest BCUT2D eigenvalue weighted by molar-refractivity contribution is 6.68. The van der Waals surface area contributed by atoms with Gasteiger partial charge in [-0.25, -0.2) is 26.3 Å². The molecule has 2 rings (SSSR count). The number of halogens is 6. The molecule has 0 spiro atoms. The fourth-order valence-electron chi connectivity index (χ4n) is 1.94. The van der Waals surface area contributed by atoms with Crippen molar-refractivity contribution in [2.45, 2.75) is 0 Å². The molecule has 0 aromatic heterocycles. The van der Waals surface area contributed by atoms with E-state index in [1.165, 1.54) is 0 Å². The Labute approximate surface area is 116 Å². The zero-order chi connectivity index (χ0) is 15.7. The molecule has 0 N–H and O–H groups in total. The van der Waals surface area contributed by atoms with Gasteiger partial charge in [-0.15, -0.1) is 0 Å². The molecule has 0 aliphatic heterocycles. The first-order chi connectivity index (χ1) is 9.85. The highest BCUT2D eigenvalue weighted by atomic mass is 19.2. The second kappa shape index (κ2) is 5.71. The summed E-state index contributed by atoms with van der Waals surface area (Å²) in [7, 11) is 0.295. The fraction of sp³-hybridized carbons (Fsp3) is 0.0769. The van der Waals surface area contributed by atoms with Crippen LogP contribution < -0.4 is 15.7 Å². The monoisotopic (exact) mass is 304 g/mol. The zero-order valence-electron chi connectivity index (χ0n) is 10.6. The average Bonchev–Trinajstić information content (AvgIpc) is 2.41. The maximum absolute atomic E-state index is 13.6. The van der Waals surface area contributed by atoms with Crippen molar-refractivity contribution >= 4 is 18.2 Å². The van der Waals surface area contributed by atoms with Crippen LogP contribution in [0.4, 0.5) is 26.3 Å². The highest BCUT2D eigenvalue weighted by Crippen LogP contribution is 2.16. The predicted molar refractivity (Wildman–Crippen MR) is 65.6 cm³/mol. The molecule has 21 heavy (non-hydrogen) atoms. The minimum absolute atomic E-state index is 0.0531. The largest absolute Gasteiger partial charge is 0.494 e. The molecule has 2 aromatic rings. The molecule has 110 valence electrons. The summed E-state index contributed by atoms with van der Waals surface area (Å²) in [6.45, 7) is 0. The minimum Gasteiger partial charge on any atom is -0.494 e. The number of rotatable bonds is 3. The van der Waals surface area contributed by atoms with Crippen LogP contribution in [0, 0.1) is 34.9 Å². The molecule has 0 saturated carbocycles. The summed E-state index contributed by atoms with van der Waals surface area (Å²) in [5, 5.41) is 0. The quantitative estimate of drug-likeness (QED) is 0.478. The number of ether oxygens (including phenoxy) is 1. The van der Waals surface area contributed by atoms with Crippen LogP contribution in [0.3, 0.4) is 0 Å². The first-order valence-corrected chi connectivity index (χ1v) is 5.69. The van der Waals surface area contributed by atoms with E-state index in [0.29, 0.717) is 6.07 Å². The molecule has 2 aromatic carbocycles.